The van der Waals surface area contributed by atoms with Crippen LogP contribution in [0.2, 0.25) is 0 Å². The third-order valence-corrected chi connectivity index (χ3v) is 12.8. The van der Waals surface area contributed by atoms with Crippen LogP contribution in [0.15, 0.2) is 237 Å². The highest BCUT2D eigenvalue weighted by molar-refractivity contribution is 6.12. The molecule has 3 heteroatoms. The molecule has 2 heterocycles. The van der Waals surface area contributed by atoms with Crippen LogP contribution in [-0.2, 0) is 0 Å². The molecule has 0 amide bonds. The first kappa shape index (κ1) is 36.8. The van der Waals surface area contributed by atoms with Crippen molar-refractivity contribution in [2.45, 2.75) is 12.2 Å². The second-order valence-electron chi connectivity index (χ2n) is 16.6. The highest BCUT2D eigenvalue weighted by atomic mass is 15.2. The third-order valence-electron chi connectivity index (χ3n) is 12.8. The number of aromatic nitrogens is 1. The maximum atomic E-state index is 5.34. The lowest BCUT2D eigenvalue weighted by atomic mass is 9.94. The minimum absolute atomic E-state index is 0.0965. The molecule has 10 aromatic carbocycles. The van der Waals surface area contributed by atoms with Crippen molar-refractivity contribution in [1.82, 2.24) is 9.88 Å². The molecule has 1 aromatic heterocycles. The molecule has 1 aliphatic rings. The fourth-order valence-electron chi connectivity index (χ4n) is 9.56. The Kier molecular flexibility index (Phi) is 9.06. The van der Waals surface area contributed by atoms with Crippen LogP contribution in [0, 0.1) is 0 Å². The molecule has 0 saturated carbocycles. The first-order chi connectivity index (χ1) is 31.2. The maximum Gasteiger partial charge on any atom is 0.0541 e. The van der Waals surface area contributed by atoms with Gasteiger partial charge < -0.3 is 15.2 Å². The Balaban J connectivity index is 0.894. The Labute approximate surface area is 367 Å². The van der Waals surface area contributed by atoms with Gasteiger partial charge in [0.2, 0.25) is 0 Å². The predicted octanol–water partition coefficient (Wildman–Crippen LogP) is 15.8. The summed E-state index contributed by atoms with van der Waals surface area (Å²) in [6.45, 7) is 0. The van der Waals surface area contributed by atoms with Gasteiger partial charge in [0.25, 0.3) is 0 Å². The standard InChI is InChI=1S/C60H42N3/c1-3-12-40(13-4-1)49-30-34-58-54(37-49)55-38-50(48-27-24-41-14-7-8-18-47(41)36-48)31-35-59(55)63(58)51-32-28-43(29-33-51)42-22-25-45(26-23-42)56-39-57(62-60(61-56)46-16-5-2-6-17-46)53-21-11-19-44-15-9-10-20-52(44)53/h1-39,57,60-61H/q-1. The molecular formula is C60H42N3-. The van der Waals surface area contributed by atoms with Gasteiger partial charge in [-0.2, -0.15) is 0 Å². The zero-order valence-corrected chi connectivity index (χ0v) is 34.6. The van der Waals surface area contributed by atoms with Gasteiger partial charge in [-0.15, -0.1) is 0 Å². The minimum atomic E-state index is -0.168. The van der Waals surface area contributed by atoms with E-state index in [0.29, 0.717) is 0 Å². The Hall–Kier alpha value is -7.98. The molecule has 0 fully saturated rings. The molecule has 11 aromatic rings. The van der Waals surface area contributed by atoms with Gasteiger partial charge in [-0.1, -0.05) is 206 Å². The van der Waals surface area contributed by atoms with Gasteiger partial charge in [-0.25, -0.2) is 0 Å². The molecule has 2 unspecified atom stereocenters. The van der Waals surface area contributed by atoms with Crippen molar-refractivity contribution in [1.29, 1.82) is 0 Å². The van der Waals surface area contributed by atoms with Gasteiger partial charge in [0.1, 0.15) is 0 Å². The predicted molar refractivity (Wildman–Crippen MR) is 265 cm³/mol. The molecule has 1 N–H and O–H groups in total. The van der Waals surface area contributed by atoms with Crippen molar-refractivity contribution in [2.75, 3.05) is 0 Å². The van der Waals surface area contributed by atoms with Gasteiger partial charge in [0.05, 0.1) is 11.0 Å². The first-order valence-electron chi connectivity index (χ1n) is 21.8. The van der Waals surface area contributed by atoms with Crippen molar-refractivity contribution < 1.29 is 0 Å². The van der Waals surface area contributed by atoms with E-state index in [0.717, 1.165) is 22.5 Å². The van der Waals surface area contributed by atoms with Crippen LogP contribution >= 0.6 is 0 Å². The van der Waals surface area contributed by atoms with Gasteiger partial charge in [-0.3, -0.25) is 0 Å². The average molecular weight is 805 g/mol. The molecule has 3 nitrogen and oxygen atoms in total. The van der Waals surface area contributed by atoms with Crippen molar-refractivity contribution >= 4 is 49.0 Å². The van der Waals surface area contributed by atoms with E-state index < -0.39 is 0 Å². The van der Waals surface area contributed by atoms with E-state index in [1.807, 2.05) is 0 Å². The molecule has 0 saturated heterocycles. The zero-order chi connectivity index (χ0) is 41.7. The number of rotatable bonds is 7. The number of hydrogen-bond acceptors (Lipinski definition) is 1. The second kappa shape index (κ2) is 15.5. The molecule has 298 valence electrons. The van der Waals surface area contributed by atoms with Crippen LogP contribution in [0.4, 0.5) is 0 Å². The molecule has 0 aliphatic carbocycles. The second-order valence-corrected chi connectivity index (χ2v) is 16.6. The van der Waals surface area contributed by atoms with Crippen LogP contribution in [0.5, 0.6) is 0 Å². The molecule has 63 heavy (non-hydrogen) atoms. The third kappa shape index (κ3) is 6.76. The molecule has 0 spiro atoms. The maximum absolute atomic E-state index is 5.34. The zero-order valence-electron chi connectivity index (χ0n) is 34.6. The molecule has 1 aliphatic heterocycles. The molecule has 0 bridgehead atoms. The normalized spacial score (nSPS) is 15.1. The largest absolute Gasteiger partial charge is 0.629 e. The van der Waals surface area contributed by atoms with Crippen molar-refractivity contribution in [2.24, 2.45) is 0 Å². The molecule has 2 atom stereocenters. The fraction of sp³-hybridized carbons (Fsp3) is 0.0333. The molecular weight excluding hydrogens is 763 g/mol. The van der Waals surface area contributed by atoms with Gasteiger partial charge in [-0.05, 0) is 115 Å². The van der Waals surface area contributed by atoms with Crippen LogP contribution in [-0.4, -0.2) is 4.57 Å². The van der Waals surface area contributed by atoms with Gasteiger partial charge >= 0.3 is 0 Å². The summed E-state index contributed by atoms with van der Waals surface area (Å²) >= 11 is 0. The van der Waals surface area contributed by atoms with Gasteiger partial charge in [0, 0.05) is 22.2 Å². The van der Waals surface area contributed by atoms with Crippen LogP contribution in [0.25, 0.3) is 93.4 Å². The SMILES string of the molecule is C1=C(c2ccc(-c3ccc(-n4c5ccc(-c6ccccc6)cc5c5cc(-c6ccc7ccccc7c6)ccc54)cc3)cc2)NC(c2ccccc2)[N-]C1c1cccc2ccccc12. The Morgan fingerprint density at radius 1 is 0.365 bits per heavy atom. The van der Waals surface area contributed by atoms with Crippen molar-refractivity contribution in [3.63, 3.8) is 0 Å². The summed E-state index contributed by atoms with van der Waals surface area (Å²) in [6.07, 6.45) is 2.11. The Bertz CT molecular complexity index is 3490. The summed E-state index contributed by atoms with van der Waals surface area (Å²) < 4.78 is 2.41. The number of nitrogens with one attached hydrogen (secondary N) is 1. The lowest BCUT2D eigenvalue weighted by Gasteiger charge is -2.45. The van der Waals surface area contributed by atoms with Gasteiger partial charge in [0.15, 0.2) is 0 Å². The lowest BCUT2D eigenvalue weighted by molar-refractivity contribution is 0.665. The first-order valence-corrected chi connectivity index (χ1v) is 21.8. The van der Waals surface area contributed by atoms with Crippen LogP contribution in [0.3, 0.4) is 0 Å². The van der Waals surface area contributed by atoms with Crippen LogP contribution in [0.1, 0.15) is 28.9 Å². The minimum Gasteiger partial charge on any atom is -0.629 e. The number of nitrogens with zero attached hydrogens (tertiary/aromatic N) is 2. The van der Waals surface area contributed by atoms with Crippen molar-refractivity contribution in [3.05, 3.63) is 259 Å². The summed E-state index contributed by atoms with van der Waals surface area (Å²) in [6, 6.07) is 83.4. The Morgan fingerprint density at radius 2 is 0.889 bits per heavy atom. The topological polar surface area (TPSA) is 31.1 Å². The number of benzene rings is 10. The average Bonchev–Trinajstić information content (AvgIpc) is 3.69. The van der Waals surface area contributed by atoms with E-state index in [2.05, 4.69) is 246 Å². The lowest BCUT2D eigenvalue weighted by Crippen LogP contribution is -2.25. The van der Waals surface area contributed by atoms with E-state index in [9.17, 15) is 0 Å². The summed E-state index contributed by atoms with van der Waals surface area (Å²) in [7, 11) is 0. The summed E-state index contributed by atoms with van der Waals surface area (Å²) in [4.78, 5) is 0. The highest BCUT2D eigenvalue weighted by Crippen LogP contribution is 2.42. The smallest absolute Gasteiger partial charge is 0.0541 e. The van der Waals surface area contributed by atoms with E-state index in [1.165, 1.54) is 82.3 Å². The molecule has 12 rings (SSSR count). The monoisotopic (exact) mass is 804 g/mol. The summed E-state index contributed by atoms with van der Waals surface area (Å²) in [5.74, 6) is 0. The number of hydrogen-bond donors (Lipinski definition) is 1. The van der Waals surface area contributed by atoms with E-state index in [-0.39, 0.29) is 12.2 Å². The quantitative estimate of drug-likeness (QED) is 0.171. The van der Waals surface area contributed by atoms with Crippen LogP contribution < -0.4 is 5.32 Å². The van der Waals surface area contributed by atoms with Crippen molar-refractivity contribution in [3.8, 4) is 39.1 Å². The fourth-order valence-corrected chi connectivity index (χ4v) is 9.56. The van der Waals surface area contributed by atoms with E-state index in [1.54, 1.807) is 0 Å². The summed E-state index contributed by atoms with van der Waals surface area (Å²) in [5, 5.41) is 16.6. The number of fused-ring (bicyclic) bond motifs is 5. The summed E-state index contributed by atoms with van der Waals surface area (Å²) in [5.41, 5.74) is 15.3. The Morgan fingerprint density at radius 3 is 1.62 bits per heavy atom. The van der Waals surface area contributed by atoms with E-state index in [4.69, 9.17) is 5.32 Å². The molecule has 0 radical (unpaired) electrons. The highest BCUT2D eigenvalue weighted by Gasteiger charge is 2.18. The van der Waals surface area contributed by atoms with E-state index >= 15 is 0 Å².